The highest BCUT2D eigenvalue weighted by Crippen LogP contribution is 2.23. The highest BCUT2D eigenvalue weighted by atomic mass is 16.5. The summed E-state index contributed by atoms with van der Waals surface area (Å²) in [4.78, 5) is 40.0. The van der Waals surface area contributed by atoms with Gasteiger partial charge >= 0.3 is 0 Å². The maximum atomic E-state index is 12.8. The number of hydrogen-bond donors (Lipinski definition) is 3. The zero-order chi connectivity index (χ0) is 24.5. The maximum absolute atomic E-state index is 12.8. The average Bonchev–Trinajstić information content (AvgIpc) is 2.89. The number of ether oxygens (including phenoxy) is 2. The van der Waals surface area contributed by atoms with E-state index in [1.165, 1.54) is 19.6 Å². The first-order valence-corrected chi connectivity index (χ1v) is 11.0. The van der Waals surface area contributed by atoms with E-state index in [2.05, 4.69) is 10.2 Å². The number of carbonyl (C=O) groups is 3. The summed E-state index contributed by atoms with van der Waals surface area (Å²) in [6, 6.07) is 13.0. The molecule has 3 amide bonds. The van der Waals surface area contributed by atoms with Crippen molar-refractivity contribution in [3.8, 4) is 16.9 Å². The molecule has 1 atom stereocenters. The first-order chi connectivity index (χ1) is 16.4. The van der Waals surface area contributed by atoms with E-state index < -0.39 is 23.8 Å². The number of likely N-dealkylation sites (N-methyl/N-ethyl adjacent to an activating group) is 2. The van der Waals surface area contributed by atoms with Crippen LogP contribution < -0.4 is 15.5 Å². The van der Waals surface area contributed by atoms with E-state index in [0.717, 1.165) is 54.6 Å². The molecule has 2 aromatic carbocycles. The summed E-state index contributed by atoms with van der Waals surface area (Å²) in [7, 11) is 2.66. The van der Waals surface area contributed by atoms with E-state index >= 15 is 0 Å². The second-order valence-corrected chi connectivity index (χ2v) is 7.81. The molecule has 3 N–H and O–H groups in total. The third-order valence-corrected chi connectivity index (χ3v) is 5.66. The molecule has 1 heterocycles. The van der Waals surface area contributed by atoms with Crippen LogP contribution in [0, 0.1) is 0 Å². The van der Waals surface area contributed by atoms with Crippen LogP contribution in [-0.4, -0.2) is 92.3 Å². The summed E-state index contributed by atoms with van der Waals surface area (Å²) in [5, 5.41) is 11.2. The van der Waals surface area contributed by atoms with Gasteiger partial charge in [-0.2, -0.15) is 0 Å². The minimum atomic E-state index is -1.50. The molecule has 1 unspecified atom stereocenters. The van der Waals surface area contributed by atoms with Crippen LogP contribution >= 0.6 is 0 Å². The highest BCUT2D eigenvalue weighted by Gasteiger charge is 2.33. The lowest BCUT2D eigenvalue weighted by Crippen LogP contribution is -2.54. The van der Waals surface area contributed by atoms with Crippen LogP contribution in [0.3, 0.4) is 0 Å². The molecule has 0 bridgehead atoms. The van der Waals surface area contributed by atoms with Gasteiger partial charge in [0.2, 0.25) is 0 Å². The van der Waals surface area contributed by atoms with Crippen molar-refractivity contribution in [1.82, 2.24) is 20.6 Å². The maximum Gasteiger partial charge on any atom is 0.275 e. The Balaban J connectivity index is 1.60. The molecule has 2 aromatic rings. The number of nitrogens with zero attached hydrogens (tertiary/aromatic N) is 2. The molecule has 34 heavy (non-hydrogen) atoms. The van der Waals surface area contributed by atoms with Crippen molar-refractivity contribution in [2.24, 2.45) is 0 Å². The monoisotopic (exact) mass is 470 g/mol. The summed E-state index contributed by atoms with van der Waals surface area (Å²) in [5.74, 6) is -1.47. The van der Waals surface area contributed by atoms with Gasteiger partial charge < -0.3 is 19.7 Å². The third-order valence-electron chi connectivity index (χ3n) is 5.66. The molecule has 0 spiro atoms. The van der Waals surface area contributed by atoms with E-state index in [9.17, 15) is 14.4 Å². The molecule has 0 saturated carbocycles. The van der Waals surface area contributed by atoms with Crippen LogP contribution in [0.25, 0.3) is 11.1 Å². The Hall–Kier alpha value is -3.47. The van der Waals surface area contributed by atoms with Gasteiger partial charge in [0.1, 0.15) is 12.4 Å². The van der Waals surface area contributed by atoms with Crippen LogP contribution in [0.4, 0.5) is 0 Å². The van der Waals surface area contributed by atoms with Crippen molar-refractivity contribution in [1.29, 1.82) is 0 Å². The van der Waals surface area contributed by atoms with Crippen LogP contribution in [0.1, 0.15) is 10.4 Å². The van der Waals surface area contributed by atoms with Crippen molar-refractivity contribution in [2.45, 2.75) is 6.04 Å². The first-order valence-electron chi connectivity index (χ1n) is 11.0. The minimum absolute atomic E-state index is 0.300. The van der Waals surface area contributed by atoms with E-state index in [-0.39, 0.29) is 0 Å². The molecule has 10 heteroatoms. The Morgan fingerprint density at radius 1 is 1.03 bits per heavy atom. The molecule has 1 fully saturated rings. The van der Waals surface area contributed by atoms with Crippen LogP contribution in [0.15, 0.2) is 48.5 Å². The summed E-state index contributed by atoms with van der Waals surface area (Å²) < 4.78 is 11.2. The number of rotatable bonds is 9. The number of nitrogens with one attached hydrogen (secondary N) is 2. The number of benzene rings is 2. The van der Waals surface area contributed by atoms with Crippen LogP contribution in [0.5, 0.6) is 5.75 Å². The highest BCUT2D eigenvalue weighted by molar-refractivity contribution is 6.08. The van der Waals surface area contributed by atoms with Crippen LogP contribution in [-0.2, 0) is 14.3 Å². The number of hydroxylamine groups is 1. The lowest BCUT2D eigenvalue weighted by molar-refractivity contribution is -0.140. The fourth-order valence-electron chi connectivity index (χ4n) is 3.66. The fraction of sp³-hybridized carbons (Fsp3) is 0.375. The molecule has 1 aliphatic rings. The Morgan fingerprint density at radius 2 is 1.62 bits per heavy atom. The SMILES string of the molecule is CNC(=O)C(C(=O)NO)N(C)C(=O)c1ccc(-c2ccc(OCCN3CCOCC3)cc2)cc1. The molecule has 0 aliphatic carbocycles. The molecule has 0 radical (unpaired) electrons. The van der Waals surface area contributed by atoms with Crippen molar-refractivity contribution in [2.75, 3.05) is 53.6 Å². The zero-order valence-corrected chi connectivity index (χ0v) is 19.3. The Kier molecular flexibility index (Phi) is 8.97. The number of morpholine rings is 1. The summed E-state index contributed by atoms with van der Waals surface area (Å²) in [6.07, 6.45) is 0. The molecular formula is C24H30N4O6. The largest absolute Gasteiger partial charge is 0.492 e. The van der Waals surface area contributed by atoms with Gasteiger partial charge in [0.05, 0.1) is 13.2 Å². The third kappa shape index (κ3) is 6.31. The molecular weight excluding hydrogens is 440 g/mol. The lowest BCUT2D eigenvalue weighted by atomic mass is 10.0. The van der Waals surface area contributed by atoms with E-state index in [1.807, 2.05) is 24.3 Å². The molecule has 3 rings (SSSR count). The smallest absolute Gasteiger partial charge is 0.275 e. The van der Waals surface area contributed by atoms with Gasteiger partial charge in [0, 0.05) is 39.3 Å². The summed E-state index contributed by atoms with van der Waals surface area (Å²) in [6.45, 7) is 4.85. The van der Waals surface area contributed by atoms with Crippen LogP contribution in [0.2, 0.25) is 0 Å². The molecule has 10 nitrogen and oxygen atoms in total. The quantitative estimate of drug-likeness (QED) is 0.281. The van der Waals surface area contributed by atoms with Gasteiger partial charge in [-0.15, -0.1) is 0 Å². The lowest BCUT2D eigenvalue weighted by Gasteiger charge is -2.26. The topological polar surface area (TPSA) is 120 Å². The molecule has 1 aliphatic heterocycles. The minimum Gasteiger partial charge on any atom is -0.492 e. The Labute approximate surface area is 198 Å². The average molecular weight is 471 g/mol. The summed E-state index contributed by atoms with van der Waals surface area (Å²) in [5.41, 5.74) is 3.57. The van der Waals surface area contributed by atoms with Gasteiger partial charge in [-0.05, 0) is 35.4 Å². The Bertz CT molecular complexity index is 958. The second kappa shape index (κ2) is 12.1. The van der Waals surface area contributed by atoms with Crippen molar-refractivity contribution in [3.05, 3.63) is 54.1 Å². The van der Waals surface area contributed by atoms with Crippen molar-refractivity contribution >= 4 is 17.7 Å². The zero-order valence-electron chi connectivity index (χ0n) is 19.3. The fourth-order valence-corrected chi connectivity index (χ4v) is 3.66. The molecule has 182 valence electrons. The molecule has 0 aromatic heterocycles. The van der Waals surface area contributed by atoms with Gasteiger partial charge in [-0.25, -0.2) is 5.48 Å². The van der Waals surface area contributed by atoms with E-state index in [4.69, 9.17) is 14.7 Å². The predicted molar refractivity (Wildman–Crippen MR) is 125 cm³/mol. The van der Waals surface area contributed by atoms with Crippen molar-refractivity contribution < 1.29 is 29.1 Å². The number of hydrogen-bond acceptors (Lipinski definition) is 7. The number of amides is 3. The normalized spacial score (nSPS) is 14.7. The second-order valence-electron chi connectivity index (χ2n) is 7.81. The standard InChI is InChI=1S/C24H30N4O6/c1-25-22(29)21(23(30)26-32)27(2)24(31)19-5-3-17(4-6-19)18-7-9-20(10-8-18)34-16-13-28-11-14-33-15-12-28/h3-10,21,32H,11-16H2,1-2H3,(H,25,29)(H,26,30). The van der Waals surface area contributed by atoms with E-state index in [0.29, 0.717) is 12.2 Å². The number of carbonyl (C=O) groups excluding carboxylic acids is 3. The van der Waals surface area contributed by atoms with Gasteiger partial charge in [0.15, 0.2) is 6.04 Å². The first kappa shape index (κ1) is 25.2. The summed E-state index contributed by atoms with van der Waals surface area (Å²) >= 11 is 0. The Morgan fingerprint density at radius 3 is 2.18 bits per heavy atom. The van der Waals surface area contributed by atoms with Crippen molar-refractivity contribution in [3.63, 3.8) is 0 Å². The van der Waals surface area contributed by atoms with E-state index in [1.54, 1.807) is 24.3 Å². The van der Waals surface area contributed by atoms with Gasteiger partial charge in [-0.3, -0.25) is 24.5 Å². The van der Waals surface area contributed by atoms with Gasteiger partial charge in [-0.1, -0.05) is 24.3 Å². The molecule has 1 saturated heterocycles. The predicted octanol–water partition coefficient (Wildman–Crippen LogP) is 0.757. The van der Waals surface area contributed by atoms with Gasteiger partial charge in [0.25, 0.3) is 17.7 Å².